The Morgan fingerprint density at radius 2 is 2.00 bits per heavy atom. The molecule has 1 fully saturated rings. The molecule has 5 heteroatoms. The Hall–Kier alpha value is -1.85. The van der Waals surface area contributed by atoms with Crippen LogP contribution >= 0.6 is 11.8 Å². The first-order valence-corrected chi connectivity index (χ1v) is 8.12. The number of amidine groups is 1. The van der Waals surface area contributed by atoms with Crippen molar-refractivity contribution in [2.24, 2.45) is 4.99 Å². The van der Waals surface area contributed by atoms with E-state index < -0.39 is 0 Å². The van der Waals surface area contributed by atoms with Crippen molar-refractivity contribution in [1.82, 2.24) is 4.90 Å². The van der Waals surface area contributed by atoms with Crippen LogP contribution < -0.4 is 0 Å². The van der Waals surface area contributed by atoms with Gasteiger partial charge in [-0.05, 0) is 35.9 Å². The van der Waals surface area contributed by atoms with Gasteiger partial charge in [-0.3, -0.25) is 4.79 Å². The summed E-state index contributed by atoms with van der Waals surface area (Å²) in [6.45, 7) is 4.98. The van der Waals surface area contributed by atoms with Crippen LogP contribution in [0.25, 0.3) is 6.08 Å². The van der Waals surface area contributed by atoms with Gasteiger partial charge >= 0.3 is 0 Å². The number of hydrogen-bond donors (Lipinski definition) is 0. The molecule has 0 radical (unpaired) electrons. The maximum absolute atomic E-state index is 12.1. The summed E-state index contributed by atoms with van der Waals surface area (Å²) < 4.78 is 5.33. The standard InChI is InChI=1S/C17H18N2O2S/c1-13(11-14-5-3-2-4-6-14)12-15-16(20)18-17(22-15)19-7-9-21-10-8-19/h2-6,11-12H,7-10H2,1H3/b13-11-,15-12+. The van der Waals surface area contributed by atoms with Gasteiger partial charge in [-0.2, -0.15) is 4.99 Å². The number of nitrogens with zero attached hydrogens (tertiary/aromatic N) is 2. The summed E-state index contributed by atoms with van der Waals surface area (Å²) in [5, 5.41) is 0.798. The van der Waals surface area contributed by atoms with Gasteiger partial charge in [0.05, 0.1) is 18.1 Å². The van der Waals surface area contributed by atoms with Gasteiger partial charge in [0.15, 0.2) is 5.17 Å². The van der Waals surface area contributed by atoms with Crippen LogP contribution in [0.4, 0.5) is 0 Å². The number of morpholine rings is 1. The van der Waals surface area contributed by atoms with Gasteiger partial charge < -0.3 is 9.64 Å². The average Bonchev–Trinajstić information content (AvgIpc) is 2.90. The largest absolute Gasteiger partial charge is 0.378 e. The third-order valence-corrected chi connectivity index (χ3v) is 4.49. The summed E-state index contributed by atoms with van der Waals surface area (Å²) in [7, 11) is 0. The van der Waals surface area contributed by atoms with Crippen molar-refractivity contribution in [3.8, 4) is 0 Å². The second kappa shape index (κ2) is 6.94. The van der Waals surface area contributed by atoms with E-state index in [0.29, 0.717) is 18.1 Å². The SMILES string of the molecule is CC(=C/c1ccccc1)/C=C1/SC(N2CCOCC2)=NC1=O. The highest BCUT2D eigenvalue weighted by molar-refractivity contribution is 8.18. The number of rotatable bonds is 2. The summed E-state index contributed by atoms with van der Waals surface area (Å²) in [4.78, 5) is 19.0. The topological polar surface area (TPSA) is 41.9 Å². The summed E-state index contributed by atoms with van der Waals surface area (Å²) >= 11 is 1.46. The van der Waals surface area contributed by atoms with Gasteiger partial charge in [-0.1, -0.05) is 36.4 Å². The molecule has 1 saturated heterocycles. The van der Waals surface area contributed by atoms with E-state index in [1.807, 2.05) is 43.3 Å². The molecule has 0 atom stereocenters. The Kier molecular flexibility index (Phi) is 4.75. The average molecular weight is 314 g/mol. The highest BCUT2D eigenvalue weighted by atomic mass is 32.2. The number of hydrogen-bond acceptors (Lipinski definition) is 4. The third kappa shape index (κ3) is 3.67. The minimum absolute atomic E-state index is 0.146. The number of carbonyl (C=O) groups is 1. The molecular weight excluding hydrogens is 296 g/mol. The van der Waals surface area contributed by atoms with Crippen LogP contribution in [0.3, 0.4) is 0 Å². The minimum atomic E-state index is -0.146. The van der Waals surface area contributed by atoms with Crippen LogP contribution in [0.1, 0.15) is 12.5 Å². The second-order valence-electron chi connectivity index (χ2n) is 5.21. The fourth-order valence-electron chi connectivity index (χ4n) is 2.35. The first-order chi connectivity index (χ1) is 10.7. The van der Waals surface area contributed by atoms with Gasteiger partial charge in [0.1, 0.15) is 0 Å². The van der Waals surface area contributed by atoms with Crippen molar-refractivity contribution < 1.29 is 9.53 Å². The van der Waals surface area contributed by atoms with Crippen LogP contribution in [-0.2, 0) is 9.53 Å². The molecule has 3 rings (SSSR count). The Bertz CT molecular complexity index is 644. The summed E-state index contributed by atoms with van der Waals surface area (Å²) in [6, 6.07) is 10.1. The number of allylic oxidation sites excluding steroid dienone is 2. The summed E-state index contributed by atoms with van der Waals surface area (Å²) in [5.41, 5.74) is 2.17. The molecule has 0 bridgehead atoms. The van der Waals surface area contributed by atoms with E-state index >= 15 is 0 Å². The van der Waals surface area contributed by atoms with E-state index in [4.69, 9.17) is 4.74 Å². The molecule has 2 heterocycles. The van der Waals surface area contributed by atoms with E-state index in [1.54, 1.807) is 0 Å². The lowest BCUT2D eigenvalue weighted by molar-refractivity contribution is -0.113. The minimum Gasteiger partial charge on any atom is -0.378 e. The van der Waals surface area contributed by atoms with Crippen molar-refractivity contribution in [2.75, 3.05) is 26.3 Å². The van der Waals surface area contributed by atoms with E-state index in [-0.39, 0.29) is 5.91 Å². The molecule has 1 aromatic rings. The lowest BCUT2D eigenvalue weighted by Crippen LogP contribution is -2.38. The van der Waals surface area contributed by atoms with E-state index in [0.717, 1.165) is 29.4 Å². The normalized spacial score (nSPS) is 21.4. The van der Waals surface area contributed by atoms with Gasteiger partial charge in [0.2, 0.25) is 0 Å². The zero-order chi connectivity index (χ0) is 15.4. The van der Waals surface area contributed by atoms with Crippen LogP contribution in [-0.4, -0.2) is 42.3 Å². The number of amides is 1. The van der Waals surface area contributed by atoms with Crippen molar-refractivity contribution in [3.05, 3.63) is 52.4 Å². The Morgan fingerprint density at radius 3 is 2.73 bits per heavy atom. The molecule has 114 valence electrons. The molecule has 22 heavy (non-hydrogen) atoms. The fraction of sp³-hybridized carbons (Fsp3) is 0.294. The van der Waals surface area contributed by atoms with E-state index in [2.05, 4.69) is 16.0 Å². The van der Waals surface area contributed by atoms with E-state index in [1.165, 1.54) is 11.8 Å². The molecule has 1 amide bonds. The number of ether oxygens (including phenoxy) is 1. The number of thioether (sulfide) groups is 1. The lowest BCUT2D eigenvalue weighted by Gasteiger charge is -2.27. The molecule has 2 aliphatic rings. The first kappa shape index (κ1) is 15.1. The quantitative estimate of drug-likeness (QED) is 0.787. The zero-order valence-electron chi connectivity index (χ0n) is 12.5. The molecule has 2 aliphatic heterocycles. The molecule has 0 saturated carbocycles. The Labute approximate surface area is 134 Å². The molecule has 0 aromatic heterocycles. The number of carbonyl (C=O) groups excluding carboxylic acids is 1. The maximum Gasteiger partial charge on any atom is 0.286 e. The van der Waals surface area contributed by atoms with Crippen LogP contribution in [0.5, 0.6) is 0 Å². The van der Waals surface area contributed by atoms with Crippen molar-refractivity contribution in [3.63, 3.8) is 0 Å². The summed E-state index contributed by atoms with van der Waals surface area (Å²) in [6.07, 6.45) is 3.98. The Morgan fingerprint density at radius 1 is 1.27 bits per heavy atom. The third-order valence-electron chi connectivity index (χ3n) is 3.44. The predicted octanol–water partition coefficient (Wildman–Crippen LogP) is 2.94. The summed E-state index contributed by atoms with van der Waals surface area (Å²) in [5.74, 6) is -0.146. The van der Waals surface area contributed by atoms with Crippen molar-refractivity contribution in [1.29, 1.82) is 0 Å². The number of aliphatic imine (C=N–C) groups is 1. The highest BCUT2D eigenvalue weighted by Crippen LogP contribution is 2.30. The zero-order valence-corrected chi connectivity index (χ0v) is 13.3. The van der Waals surface area contributed by atoms with Gasteiger partial charge in [0, 0.05) is 13.1 Å². The molecule has 0 N–H and O–H groups in total. The fourth-order valence-corrected chi connectivity index (χ4v) is 3.36. The monoisotopic (exact) mass is 314 g/mol. The predicted molar refractivity (Wildman–Crippen MR) is 90.6 cm³/mol. The van der Waals surface area contributed by atoms with Crippen LogP contribution in [0.2, 0.25) is 0 Å². The van der Waals surface area contributed by atoms with Crippen molar-refractivity contribution >= 4 is 28.9 Å². The Balaban J connectivity index is 1.71. The van der Waals surface area contributed by atoms with Gasteiger partial charge in [-0.25, -0.2) is 0 Å². The highest BCUT2D eigenvalue weighted by Gasteiger charge is 2.26. The number of benzene rings is 1. The molecular formula is C17H18N2O2S. The van der Waals surface area contributed by atoms with Crippen LogP contribution in [0, 0.1) is 0 Å². The smallest absolute Gasteiger partial charge is 0.286 e. The van der Waals surface area contributed by atoms with Gasteiger partial charge in [0.25, 0.3) is 5.91 Å². The molecule has 0 spiro atoms. The second-order valence-corrected chi connectivity index (χ2v) is 6.22. The first-order valence-electron chi connectivity index (χ1n) is 7.31. The van der Waals surface area contributed by atoms with Crippen LogP contribution in [0.15, 0.2) is 51.9 Å². The lowest BCUT2D eigenvalue weighted by atomic mass is 10.1. The van der Waals surface area contributed by atoms with Gasteiger partial charge in [-0.15, -0.1) is 0 Å². The molecule has 1 aromatic carbocycles. The van der Waals surface area contributed by atoms with E-state index in [9.17, 15) is 4.79 Å². The molecule has 4 nitrogen and oxygen atoms in total. The van der Waals surface area contributed by atoms with Crippen molar-refractivity contribution in [2.45, 2.75) is 6.92 Å². The molecule has 0 unspecified atom stereocenters. The molecule has 0 aliphatic carbocycles. The maximum atomic E-state index is 12.1.